The molecule has 0 saturated heterocycles. The van der Waals surface area contributed by atoms with E-state index in [1.54, 1.807) is 6.26 Å². The van der Waals surface area contributed by atoms with E-state index in [1.807, 2.05) is 55.8 Å². The van der Waals surface area contributed by atoms with Gasteiger partial charge in [-0.2, -0.15) is 5.10 Å². The zero-order valence-electron chi connectivity index (χ0n) is 18.5. The molecule has 1 N–H and O–H groups in total. The second-order valence-electron chi connectivity index (χ2n) is 8.04. The Morgan fingerprint density at radius 3 is 2.48 bits per heavy atom. The number of rotatable bonds is 7. The van der Waals surface area contributed by atoms with Gasteiger partial charge in [0.05, 0.1) is 30.6 Å². The molecule has 3 heterocycles. The van der Waals surface area contributed by atoms with Crippen molar-refractivity contribution in [3.63, 3.8) is 0 Å². The maximum absolute atomic E-state index is 12.9. The standard InChI is InChI=1S/C25H28N4O2/c1-17-11-19(3)29(27-17)15-22-8-5-7-21(13-22)14-26-25(30)24-12-18(2)28(20(24)4)16-23-9-6-10-31-23/h5-13H,14-16H2,1-4H3,(H,26,30). The van der Waals surface area contributed by atoms with Gasteiger partial charge in [0.15, 0.2) is 0 Å². The van der Waals surface area contributed by atoms with E-state index >= 15 is 0 Å². The van der Waals surface area contributed by atoms with Gasteiger partial charge in [0.25, 0.3) is 5.91 Å². The molecule has 0 spiro atoms. The molecule has 0 aliphatic carbocycles. The lowest BCUT2D eigenvalue weighted by atomic mass is 10.1. The van der Waals surface area contributed by atoms with E-state index in [1.165, 1.54) is 0 Å². The number of hydrogen-bond acceptors (Lipinski definition) is 3. The van der Waals surface area contributed by atoms with E-state index in [0.29, 0.717) is 18.7 Å². The summed E-state index contributed by atoms with van der Waals surface area (Å²) in [6.45, 7) is 9.86. The first-order chi connectivity index (χ1) is 14.9. The van der Waals surface area contributed by atoms with Crippen molar-refractivity contribution >= 4 is 5.91 Å². The van der Waals surface area contributed by atoms with Crippen LogP contribution in [0.5, 0.6) is 0 Å². The molecule has 160 valence electrons. The zero-order valence-corrected chi connectivity index (χ0v) is 18.5. The summed E-state index contributed by atoms with van der Waals surface area (Å²) in [4.78, 5) is 12.9. The number of nitrogens with zero attached hydrogens (tertiary/aromatic N) is 3. The Balaban J connectivity index is 1.43. The Bertz CT molecular complexity index is 1200. The molecule has 0 unspecified atom stereocenters. The molecule has 0 radical (unpaired) electrons. The van der Waals surface area contributed by atoms with Crippen LogP contribution in [0, 0.1) is 27.7 Å². The van der Waals surface area contributed by atoms with Crippen LogP contribution in [-0.2, 0) is 19.6 Å². The van der Waals surface area contributed by atoms with Crippen LogP contribution in [0.1, 0.15) is 50.0 Å². The van der Waals surface area contributed by atoms with E-state index < -0.39 is 0 Å². The largest absolute Gasteiger partial charge is 0.467 e. The number of carbonyl (C=O) groups excluding carboxylic acids is 1. The molecule has 0 fully saturated rings. The van der Waals surface area contributed by atoms with Crippen LogP contribution >= 0.6 is 0 Å². The summed E-state index contributed by atoms with van der Waals surface area (Å²) in [6.07, 6.45) is 1.67. The number of carbonyl (C=O) groups is 1. The van der Waals surface area contributed by atoms with Gasteiger partial charge >= 0.3 is 0 Å². The van der Waals surface area contributed by atoms with E-state index in [-0.39, 0.29) is 5.91 Å². The highest BCUT2D eigenvalue weighted by molar-refractivity contribution is 5.95. The molecule has 4 rings (SSSR count). The summed E-state index contributed by atoms with van der Waals surface area (Å²) in [7, 11) is 0. The maximum atomic E-state index is 12.9. The molecular formula is C25H28N4O2. The van der Waals surface area contributed by atoms with Crippen molar-refractivity contribution in [1.82, 2.24) is 19.7 Å². The van der Waals surface area contributed by atoms with Gasteiger partial charge < -0.3 is 14.3 Å². The Morgan fingerprint density at radius 2 is 1.77 bits per heavy atom. The topological polar surface area (TPSA) is 65.0 Å². The van der Waals surface area contributed by atoms with Gasteiger partial charge in [-0.05, 0) is 63.1 Å². The Labute approximate surface area is 182 Å². The van der Waals surface area contributed by atoms with Crippen LogP contribution in [0.3, 0.4) is 0 Å². The highest BCUT2D eigenvalue weighted by Gasteiger charge is 2.16. The van der Waals surface area contributed by atoms with Gasteiger partial charge in [0, 0.05) is 23.6 Å². The van der Waals surface area contributed by atoms with Crippen LogP contribution < -0.4 is 5.32 Å². The molecule has 1 amide bonds. The van der Waals surface area contributed by atoms with Crippen molar-refractivity contribution < 1.29 is 9.21 Å². The number of furan rings is 1. The van der Waals surface area contributed by atoms with Crippen LogP contribution in [0.4, 0.5) is 0 Å². The number of aryl methyl sites for hydroxylation is 3. The molecule has 0 bridgehead atoms. The first kappa shape index (κ1) is 20.7. The average molecular weight is 417 g/mol. The highest BCUT2D eigenvalue weighted by Crippen LogP contribution is 2.18. The molecule has 3 aromatic heterocycles. The number of hydrogen-bond donors (Lipinski definition) is 1. The molecule has 1 aromatic carbocycles. The molecule has 0 saturated carbocycles. The van der Waals surface area contributed by atoms with Crippen LogP contribution in [0.25, 0.3) is 0 Å². The lowest BCUT2D eigenvalue weighted by Gasteiger charge is -2.10. The third-order valence-corrected chi connectivity index (χ3v) is 5.59. The lowest BCUT2D eigenvalue weighted by molar-refractivity contribution is 0.0950. The third kappa shape index (κ3) is 4.63. The minimum Gasteiger partial charge on any atom is -0.467 e. The van der Waals surface area contributed by atoms with E-state index in [9.17, 15) is 4.79 Å². The minimum atomic E-state index is -0.0669. The smallest absolute Gasteiger partial charge is 0.253 e. The lowest BCUT2D eigenvalue weighted by Crippen LogP contribution is -2.23. The number of nitrogens with one attached hydrogen (secondary N) is 1. The number of amides is 1. The fourth-order valence-corrected chi connectivity index (χ4v) is 3.96. The first-order valence-corrected chi connectivity index (χ1v) is 10.5. The molecule has 0 atom stereocenters. The SMILES string of the molecule is Cc1cc(C)n(Cc2cccc(CNC(=O)c3cc(C)n(Cc4ccco4)c3C)c2)n1. The van der Waals surface area contributed by atoms with Crippen molar-refractivity contribution in [2.45, 2.75) is 47.3 Å². The fraction of sp³-hybridized carbons (Fsp3) is 0.280. The Kier molecular flexibility index (Phi) is 5.80. The summed E-state index contributed by atoms with van der Waals surface area (Å²) in [5.74, 6) is 0.802. The minimum absolute atomic E-state index is 0.0669. The van der Waals surface area contributed by atoms with E-state index in [0.717, 1.165) is 46.2 Å². The van der Waals surface area contributed by atoms with Crippen molar-refractivity contribution in [2.75, 3.05) is 0 Å². The second-order valence-corrected chi connectivity index (χ2v) is 8.04. The molecule has 31 heavy (non-hydrogen) atoms. The fourth-order valence-electron chi connectivity index (χ4n) is 3.96. The van der Waals surface area contributed by atoms with E-state index in [2.05, 4.69) is 40.1 Å². The van der Waals surface area contributed by atoms with Crippen LogP contribution in [0.2, 0.25) is 0 Å². The maximum Gasteiger partial charge on any atom is 0.253 e. The third-order valence-electron chi connectivity index (χ3n) is 5.59. The molecular weight excluding hydrogens is 388 g/mol. The van der Waals surface area contributed by atoms with Gasteiger partial charge in [0.2, 0.25) is 0 Å². The molecule has 6 nitrogen and oxygen atoms in total. The Morgan fingerprint density at radius 1 is 0.968 bits per heavy atom. The van der Waals surface area contributed by atoms with Crippen molar-refractivity contribution in [3.05, 3.63) is 100 Å². The Hall–Kier alpha value is -3.54. The summed E-state index contributed by atoms with van der Waals surface area (Å²) >= 11 is 0. The molecule has 0 aliphatic rings. The second kappa shape index (κ2) is 8.68. The highest BCUT2D eigenvalue weighted by atomic mass is 16.3. The van der Waals surface area contributed by atoms with Crippen LogP contribution in [-0.4, -0.2) is 20.3 Å². The van der Waals surface area contributed by atoms with Crippen molar-refractivity contribution in [2.24, 2.45) is 0 Å². The van der Waals surface area contributed by atoms with Crippen molar-refractivity contribution in [3.8, 4) is 0 Å². The van der Waals surface area contributed by atoms with Crippen LogP contribution in [0.15, 0.2) is 59.2 Å². The quantitative estimate of drug-likeness (QED) is 0.481. The van der Waals surface area contributed by atoms with Gasteiger partial charge in [-0.3, -0.25) is 9.48 Å². The van der Waals surface area contributed by atoms with Crippen molar-refractivity contribution in [1.29, 1.82) is 0 Å². The van der Waals surface area contributed by atoms with Gasteiger partial charge in [-0.25, -0.2) is 0 Å². The zero-order chi connectivity index (χ0) is 22.0. The van der Waals surface area contributed by atoms with Gasteiger partial charge in [0.1, 0.15) is 5.76 Å². The summed E-state index contributed by atoms with van der Waals surface area (Å²) in [5, 5.41) is 7.60. The van der Waals surface area contributed by atoms with E-state index in [4.69, 9.17) is 4.42 Å². The predicted octanol–water partition coefficient (Wildman–Crippen LogP) is 4.54. The summed E-state index contributed by atoms with van der Waals surface area (Å²) < 4.78 is 9.56. The normalized spacial score (nSPS) is 11.1. The van der Waals surface area contributed by atoms with Gasteiger partial charge in [-0.15, -0.1) is 0 Å². The number of benzene rings is 1. The monoisotopic (exact) mass is 416 g/mol. The molecule has 4 aromatic rings. The average Bonchev–Trinajstić information content (AvgIpc) is 3.43. The molecule has 6 heteroatoms. The number of aromatic nitrogens is 3. The predicted molar refractivity (Wildman–Crippen MR) is 120 cm³/mol. The summed E-state index contributed by atoms with van der Waals surface area (Å²) in [5.41, 5.74) is 7.05. The summed E-state index contributed by atoms with van der Waals surface area (Å²) in [6, 6.07) is 16.1. The molecule has 0 aliphatic heterocycles. The van der Waals surface area contributed by atoms with Gasteiger partial charge in [-0.1, -0.05) is 24.3 Å². The first-order valence-electron chi connectivity index (χ1n) is 10.5.